The second-order valence-corrected chi connectivity index (χ2v) is 6.47. The first-order valence-corrected chi connectivity index (χ1v) is 8.44. The molecule has 0 saturated heterocycles. The van der Waals surface area contributed by atoms with Crippen LogP contribution in [0.25, 0.3) is 10.8 Å². The first-order chi connectivity index (χ1) is 10.7. The number of carboxylic acids is 1. The average molecular weight is 351 g/mol. The standard InChI is InChI=1S/C19H12O2Se/c20-19(21)16-10-8-14(9-11-16)12-13-22-18-7-3-5-15-4-1-2-6-17(15)18/h1-11H,(H,20,21). The molecule has 3 rings (SSSR count). The molecule has 0 radical (unpaired) electrons. The number of rotatable bonds is 2. The van der Waals surface area contributed by atoms with Crippen LogP contribution in [0.15, 0.2) is 66.7 Å². The Labute approximate surface area is 135 Å². The van der Waals surface area contributed by atoms with Crippen LogP contribution in [0.1, 0.15) is 15.9 Å². The summed E-state index contributed by atoms with van der Waals surface area (Å²) in [5.41, 5.74) is 1.12. The Morgan fingerprint density at radius 2 is 1.64 bits per heavy atom. The van der Waals surface area contributed by atoms with Gasteiger partial charge in [-0.1, -0.05) is 0 Å². The van der Waals surface area contributed by atoms with E-state index in [4.69, 9.17) is 5.11 Å². The quantitative estimate of drug-likeness (QED) is 0.570. The average Bonchev–Trinajstić information content (AvgIpc) is 2.55. The van der Waals surface area contributed by atoms with Gasteiger partial charge in [0.2, 0.25) is 0 Å². The molecule has 3 aromatic carbocycles. The van der Waals surface area contributed by atoms with Crippen LogP contribution < -0.4 is 4.46 Å². The Hall–Kier alpha value is -2.53. The van der Waals surface area contributed by atoms with Crippen molar-refractivity contribution >= 4 is 36.2 Å². The van der Waals surface area contributed by atoms with Crippen molar-refractivity contribution in [2.45, 2.75) is 0 Å². The molecular weight excluding hydrogens is 339 g/mol. The summed E-state index contributed by atoms with van der Waals surface area (Å²) in [5, 5.41) is 11.3. The predicted octanol–water partition coefficient (Wildman–Crippen LogP) is 2.88. The maximum atomic E-state index is 10.8. The van der Waals surface area contributed by atoms with E-state index in [1.54, 1.807) is 24.3 Å². The van der Waals surface area contributed by atoms with E-state index < -0.39 is 5.97 Å². The zero-order valence-electron chi connectivity index (χ0n) is 11.6. The van der Waals surface area contributed by atoms with Crippen LogP contribution in [-0.2, 0) is 0 Å². The molecule has 3 heteroatoms. The van der Waals surface area contributed by atoms with Crippen molar-refractivity contribution in [3.8, 4) is 10.7 Å². The van der Waals surface area contributed by atoms with Crippen molar-refractivity contribution in [1.82, 2.24) is 0 Å². The molecule has 0 aliphatic rings. The number of benzene rings is 3. The molecule has 1 N–H and O–H groups in total. The van der Waals surface area contributed by atoms with Crippen molar-refractivity contribution in [1.29, 1.82) is 0 Å². The molecular formula is C19H12O2Se. The zero-order valence-corrected chi connectivity index (χ0v) is 13.3. The van der Waals surface area contributed by atoms with Crippen LogP contribution in [0.5, 0.6) is 0 Å². The number of hydrogen-bond acceptors (Lipinski definition) is 1. The van der Waals surface area contributed by atoms with Gasteiger partial charge < -0.3 is 0 Å². The summed E-state index contributed by atoms with van der Waals surface area (Å²) in [6.07, 6.45) is 0. The van der Waals surface area contributed by atoms with E-state index in [0.717, 1.165) is 5.56 Å². The first-order valence-electron chi connectivity index (χ1n) is 6.73. The van der Waals surface area contributed by atoms with Gasteiger partial charge in [-0.2, -0.15) is 0 Å². The molecule has 22 heavy (non-hydrogen) atoms. The molecule has 106 valence electrons. The number of carboxylic acid groups (broad SMARTS) is 1. The van der Waals surface area contributed by atoms with Crippen molar-refractivity contribution < 1.29 is 9.90 Å². The van der Waals surface area contributed by atoms with E-state index in [2.05, 4.69) is 41.1 Å². The summed E-state index contributed by atoms with van der Waals surface area (Å²) >= 11 is 0.0618. The van der Waals surface area contributed by atoms with Crippen LogP contribution in [0.3, 0.4) is 0 Å². The molecule has 0 aliphatic carbocycles. The normalized spacial score (nSPS) is 10.0. The van der Waals surface area contributed by atoms with Crippen molar-refractivity contribution in [2.75, 3.05) is 0 Å². The Balaban J connectivity index is 1.81. The van der Waals surface area contributed by atoms with Gasteiger partial charge in [-0.05, 0) is 0 Å². The van der Waals surface area contributed by atoms with Gasteiger partial charge in [0.05, 0.1) is 0 Å². The Morgan fingerprint density at radius 1 is 0.909 bits per heavy atom. The molecule has 0 atom stereocenters. The molecule has 0 aliphatic heterocycles. The maximum absolute atomic E-state index is 10.8. The van der Waals surface area contributed by atoms with Gasteiger partial charge in [-0.25, -0.2) is 0 Å². The molecule has 0 spiro atoms. The number of aromatic carboxylic acids is 1. The molecule has 0 saturated carbocycles. The summed E-state index contributed by atoms with van der Waals surface area (Å²) < 4.78 is 1.26. The number of carbonyl (C=O) groups is 1. The second-order valence-electron chi connectivity index (χ2n) is 4.69. The van der Waals surface area contributed by atoms with Crippen molar-refractivity contribution in [3.05, 3.63) is 77.9 Å². The molecule has 0 amide bonds. The fourth-order valence-electron chi connectivity index (χ4n) is 2.12. The first kappa shape index (κ1) is 14.4. The van der Waals surface area contributed by atoms with Gasteiger partial charge in [0.15, 0.2) is 0 Å². The predicted molar refractivity (Wildman–Crippen MR) is 89.6 cm³/mol. The van der Waals surface area contributed by atoms with Crippen LogP contribution in [0.4, 0.5) is 0 Å². The third kappa shape index (κ3) is 3.20. The van der Waals surface area contributed by atoms with Gasteiger partial charge in [-0.15, -0.1) is 0 Å². The van der Waals surface area contributed by atoms with Crippen LogP contribution in [0.2, 0.25) is 0 Å². The Kier molecular flexibility index (Phi) is 4.25. The number of fused-ring (bicyclic) bond motifs is 1. The molecule has 2 nitrogen and oxygen atoms in total. The summed E-state index contributed by atoms with van der Waals surface area (Å²) in [4.78, 5) is 14.0. The van der Waals surface area contributed by atoms with E-state index in [-0.39, 0.29) is 20.5 Å². The van der Waals surface area contributed by atoms with Gasteiger partial charge in [0.1, 0.15) is 0 Å². The van der Waals surface area contributed by atoms with Gasteiger partial charge in [0, 0.05) is 0 Å². The fourth-order valence-corrected chi connectivity index (χ4v) is 3.63. The van der Waals surface area contributed by atoms with Crippen LogP contribution in [-0.4, -0.2) is 26.0 Å². The van der Waals surface area contributed by atoms with E-state index in [9.17, 15) is 4.79 Å². The third-order valence-electron chi connectivity index (χ3n) is 3.24. The minimum absolute atomic E-state index is 0.0618. The SMILES string of the molecule is O=C(O)c1ccc(C#C[Se]c2cccc3ccccc23)cc1. The molecule has 0 bridgehead atoms. The summed E-state index contributed by atoms with van der Waals surface area (Å²) in [7, 11) is 0. The Bertz CT molecular complexity index is 881. The monoisotopic (exact) mass is 352 g/mol. The molecule has 0 heterocycles. The molecule has 3 aromatic rings. The topological polar surface area (TPSA) is 37.3 Å². The zero-order chi connectivity index (χ0) is 15.4. The second kappa shape index (κ2) is 6.49. The van der Waals surface area contributed by atoms with Crippen LogP contribution in [0, 0.1) is 10.7 Å². The van der Waals surface area contributed by atoms with Crippen LogP contribution >= 0.6 is 0 Å². The van der Waals surface area contributed by atoms with Crippen molar-refractivity contribution in [2.24, 2.45) is 0 Å². The molecule has 0 aromatic heterocycles. The molecule has 0 fully saturated rings. The van der Waals surface area contributed by atoms with E-state index >= 15 is 0 Å². The Morgan fingerprint density at radius 3 is 2.41 bits per heavy atom. The van der Waals surface area contributed by atoms with Gasteiger partial charge in [0.25, 0.3) is 0 Å². The summed E-state index contributed by atoms with van der Waals surface area (Å²) in [5.74, 6) is 2.19. The fraction of sp³-hybridized carbons (Fsp3) is 0. The van der Waals surface area contributed by atoms with Gasteiger partial charge in [-0.3, -0.25) is 0 Å². The van der Waals surface area contributed by atoms with E-state index in [1.807, 2.05) is 12.1 Å². The molecule has 0 unspecified atom stereocenters. The van der Waals surface area contributed by atoms with Crippen molar-refractivity contribution in [3.63, 3.8) is 0 Å². The van der Waals surface area contributed by atoms with Gasteiger partial charge >= 0.3 is 135 Å². The van der Waals surface area contributed by atoms with E-state index in [0.29, 0.717) is 0 Å². The summed E-state index contributed by atoms with van der Waals surface area (Å²) in [6, 6.07) is 21.2. The minimum atomic E-state index is -0.917. The summed E-state index contributed by atoms with van der Waals surface area (Å²) in [6.45, 7) is 0. The number of hydrogen-bond donors (Lipinski definition) is 1. The van der Waals surface area contributed by atoms with E-state index in [1.165, 1.54) is 15.2 Å². The third-order valence-corrected chi connectivity index (χ3v) is 4.87.